The number of halogens is 1. The summed E-state index contributed by atoms with van der Waals surface area (Å²) in [6.45, 7) is 10.6. The molecule has 0 aliphatic carbocycles. The summed E-state index contributed by atoms with van der Waals surface area (Å²) in [5.41, 5.74) is 4.83. The Hall–Kier alpha value is -2.29. The van der Waals surface area contributed by atoms with Crippen LogP contribution in [0.2, 0.25) is 0 Å². The first-order valence-electron chi connectivity index (χ1n) is 10.7. The molecule has 31 heavy (non-hydrogen) atoms. The van der Waals surface area contributed by atoms with E-state index < -0.39 is 0 Å². The monoisotopic (exact) mass is 535 g/mol. The minimum Gasteiger partial charge on any atom is -0.360 e. The van der Waals surface area contributed by atoms with E-state index in [1.54, 1.807) is 0 Å². The highest BCUT2D eigenvalue weighted by Gasteiger charge is 2.16. The summed E-state index contributed by atoms with van der Waals surface area (Å²) in [7, 11) is 0. The van der Waals surface area contributed by atoms with Crippen molar-refractivity contribution in [3.63, 3.8) is 0 Å². The molecule has 168 valence electrons. The maximum atomic E-state index is 11.6. The standard InChI is InChI=1S/C24H33N5O.HI/c1-4-25-24(27-15-19(3)21-9-5-18(2)6-10-21)28-16-20-7-11-22(12-8-20)29-14-13-26-23(30)17-29;/h5-12,19H,4,13-17H2,1-3H3,(H,26,30)(H2,25,27,28);1H. The van der Waals surface area contributed by atoms with Gasteiger partial charge in [-0.15, -0.1) is 24.0 Å². The number of hydrogen-bond acceptors (Lipinski definition) is 3. The maximum absolute atomic E-state index is 11.6. The number of carbonyl (C=O) groups excluding carboxylic acids is 1. The lowest BCUT2D eigenvalue weighted by molar-refractivity contribution is -0.120. The van der Waals surface area contributed by atoms with Crippen molar-refractivity contribution in [2.24, 2.45) is 4.99 Å². The van der Waals surface area contributed by atoms with Crippen molar-refractivity contribution in [1.82, 2.24) is 16.0 Å². The fourth-order valence-electron chi connectivity index (χ4n) is 3.45. The second-order valence-corrected chi connectivity index (χ2v) is 7.83. The number of rotatable bonds is 7. The largest absolute Gasteiger partial charge is 0.360 e. The van der Waals surface area contributed by atoms with Crippen molar-refractivity contribution in [2.75, 3.05) is 37.6 Å². The van der Waals surface area contributed by atoms with Gasteiger partial charge in [-0.2, -0.15) is 0 Å². The van der Waals surface area contributed by atoms with Crippen molar-refractivity contribution in [2.45, 2.75) is 33.2 Å². The molecule has 3 N–H and O–H groups in total. The predicted molar refractivity (Wildman–Crippen MR) is 139 cm³/mol. The van der Waals surface area contributed by atoms with Gasteiger partial charge >= 0.3 is 0 Å². The molecule has 2 aromatic rings. The van der Waals surface area contributed by atoms with Crippen molar-refractivity contribution in [1.29, 1.82) is 0 Å². The van der Waals surface area contributed by atoms with Gasteiger partial charge in [-0.25, -0.2) is 4.99 Å². The van der Waals surface area contributed by atoms with E-state index in [1.165, 1.54) is 11.1 Å². The second kappa shape index (κ2) is 12.5. The number of anilines is 1. The number of hydrogen-bond donors (Lipinski definition) is 3. The first-order chi connectivity index (χ1) is 14.5. The number of piperazine rings is 1. The van der Waals surface area contributed by atoms with Crippen LogP contribution in [0.1, 0.15) is 36.5 Å². The Morgan fingerprint density at radius 2 is 1.84 bits per heavy atom. The fraction of sp³-hybridized carbons (Fsp3) is 0.417. The number of amides is 1. The first kappa shape index (κ1) is 25.0. The molecule has 6 nitrogen and oxygen atoms in total. The SMILES string of the molecule is CCNC(=NCc1ccc(N2CCNC(=O)C2)cc1)NCC(C)c1ccc(C)cc1.I. The molecule has 1 atom stereocenters. The highest BCUT2D eigenvalue weighted by Crippen LogP contribution is 2.17. The van der Waals surface area contributed by atoms with E-state index in [9.17, 15) is 4.79 Å². The number of carbonyl (C=O) groups is 1. The van der Waals surface area contributed by atoms with Crippen LogP contribution in [0.5, 0.6) is 0 Å². The van der Waals surface area contributed by atoms with Crippen LogP contribution in [-0.2, 0) is 11.3 Å². The summed E-state index contributed by atoms with van der Waals surface area (Å²) >= 11 is 0. The van der Waals surface area contributed by atoms with Gasteiger partial charge < -0.3 is 20.9 Å². The van der Waals surface area contributed by atoms with Gasteiger partial charge in [0.25, 0.3) is 0 Å². The lowest BCUT2D eigenvalue weighted by Crippen LogP contribution is -2.47. The minimum absolute atomic E-state index is 0. The van der Waals surface area contributed by atoms with E-state index in [0.29, 0.717) is 25.6 Å². The molecule has 1 amide bonds. The summed E-state index contributed by atoms with van der Waals surface area (Å²) in [5.74, 6) is 1.31. The van der Waals surface area contributed by atoms with Crippen LogP contribution in [0.3, 0.4) is 0 Å². The van der Waals surface area contributed by atoms with E-state index in [2.05, 4.69) is 90.2 Å². The first-order valence-corrected chi connectivity index (χ1v) is 10.7. The van der Waals surface area contributed by atoms with Gasteiger partial charge in [0.15, 0.2) is 5.96 Å². The highest BCUT2D eigenvalue weighted by atomic mass is 127. The molecule has 1 saturated heterocycles. The molecule has 2 aromatic carbocycles. The molecule has 1 aliphatic heterocycles. The van der Waals surface area contributed by atoms with Gasteiger partial charge in [0, 0.05) is 31.9 Å². The van der Waals surface area contributed by atoms with Crippen molar-refractivity contribution in [3.05, 3.63) is 65.2 Å². The van der Waals surface area contributed by atoms with Crippen molar-refractivity contribution in [3.8, 4) is 0 Å². The Kier molecular flexibility index (Phi) is 10.1. The van der Waals surface area contributed by atoms with Gasteiger partial charge in [0.05, 0.1) is 13.1 Å². The van der Waals surface area contributed by atoms with Crippen LogP contribution in [0.25, 0.3) is 0 Å². The average Bonchev–Trinajstić information content (AvgIpc) is 2.76. The van der Waals surface area contributed by atoms with Crippen LogP contribution in [-0.4, -0.2) is 44.6 Å². The zero-order valence-corrected chi connectivity index (χ0v) is 21.0. The summed E-state index contributed by atoms with van der Waals surface area (Å²) in [6.07, 6.45) is 0. The number of benzene rings is 2. The number of nitrogens with one attached hydrogen (secondary N) is 3. The zero-order valence-electron chi connectivity index (χ0n) is 18.6. The van der Waals surface area contributed by atoms with Crippen LogP contribution in [0.4, 0.5) is 5.69 Å². The van der Waals surface area contributed by atoms with Gasteiger partial charge in [-0.3, -0.25) is 4.79 Å². The third-order valence-electron chi connectivity index (χ3n) is 5.33. The van der Waals surface area contributed by atoms with Crippen LogP contribution in [0, 0.1) is 6.92 Å². The topological polar surface area (TPSA) is 68.8 Å². The van der Waals surface area contributed by atoms with E-state index in [-0.39, 0.29) is 29.9 Å². The van der Waals surface area contributed by atoms with E-state index in [0.717, 1.165) is 36.8 Å². The number of aliphatic imine (C=N–C) groups is 1. The Bertz CT molecular complexity index is 851. The van der Waals surface area contributed by atoms with Crippen LogP contribution < -0.4 is 20.9 Å². The molecule has 1 heterocycles. The molecule has 0 bridgehead atoms. The van der Waals surface area contributed by atoms with Crippen LogP contribution >= 0.6 is 24.0 Å². The summed E-state index contributed by atoms with van der Waals surface area (Å²) in [6, 6.07) is 17.0. The molecule has 1 aliphatic rings. The summed E-state index contributed by atoms with van der Waals surface area (Å²) in [4.78, 5) is 18.4. The molecule has 1 unspecified atom stereocenters. The number of guanidine groups is 1. The molecule has 7 heteroatoms. The quantitative estimate of drug-likeness (QED) is 0.289. The number of nitrogens with zero attached hydrogens (tertiary/aromatic N) is 2. The molecule has 0 radical (unpaired) electrons. The molecule has 1 fully saturated rings. The fourth-order valence-corrected chi connectivity index (χ4v) is 3.45. The zero-order chi connectivity index (χ0) is 21.3. The second-order valence-electron chi connectivity index (χ2n) is 7.83. The molecular weight excluding hydrogens is 501 g/mol. The Labute approximate surface area is 202 Å². The Balaban J connectivity index is 0.00000341. The number of aryl methyl sites for hydroxylation is 1. The third-order valence-corrected chi connectivity index (χ3v) is 5.33. The predicted octanol–water partition coefficient (Wildman–Crippen LogP) is 3.41. The van der Waals surface area contributed by atoms with Gasteiger partial charge in [-0.05, 0) is 43.0 Å². The molecule has 0 saturated carbocycles. The summed E-state index contributed by atoms with van der Waals surface area (Å²) < 4.78 is 0. The third kappa shape index (κ3) is 7.72. The molecule has 3 rings (SSSR count). The van der Waals surface area contributed by atoms with E-state index >= 15 is 0 Å². The highest BCUT2D eigenvalue weighted by molar-refractivity contribution is 14.0. The smallest absolute Gasteiger partial charge is 0.239 e. The van der Waals surface area contributed by atoms with Gasteiger partial charge in [-0.1, -0.05) is 48.9 Å². The van der Waals surface area contributed by atoms with E-state index in [1.807, 2.05) is 0 Å². The molecule has 0 aromatic heterocycles. The minimum atomic E-state index is 0. The molecule has 0 spiro atoms. The normalized spacial score (nSPS) is 15.0. The maximum Gasteiger partial charge on any atom is 0.239 e. The van der Waals surface area contributed by atoms with E-state index in [4.69, 9.17) is 4.99 Å². The summed E-state index contributed by atoms with van der Waals surface area (Å²) in [5, 5.41) is 9.64. The Morgan fingerprint density at radius 1 is 1.13 bits per heavy atom. The lowest BCUT2D eigenvalue weighted by Gasteiger charge is -2.28. The van der Waals surface area contributed by atoms with Crippen molar-refractivity contribution < 1.29 is 4.79 Å². The van der Waals surface area contributed by atoms with Gasteiger partial charge in [0.1, 0.15) is 0 Å². The van der Waals surface area contributed by atoms with Crippen LogP contribution in [0.15, 0.2) is 53.5 Å². The Morgan fingerprint density at radius 3 is 2.48 bits per heavy atom. The van der Waals surface area contributed by atoms with Gasteiger partial charge in [0.2, 0.25) is 5.91 Å². The molecular formula is C24H34IN5O. The average molecular weight is 535 g/mol. The lowest BCUT2D eigenvalue weighted by atomic mass is 10.0. The van der Waals surface area contributed by atoms with Crippen molar-refractivity contribution >= 4 is 41.5 Å².